The zero-order valence-electron chi connectivity index (χ0n) is 36.5. The van der Waals surface area contributed by atoms with Crippen molar-refractivity contribution in [3.63, 3.8) is 0 Å². The van der Waals surface area contributed by atoms with Gasteiger partial charge in [-0.1, -0.05) is 66.7 Å². The number of para-hydroxylation sites is 1. The van der Waals surface area contributed by atoms with E-state index in [9.17, 15) is 31.9 Å². The lowest BCUT2D eigenvalue weighted by Gasteiger charge is -2.40. The van der Waals surface area contributed by atoms with E-state index < -0.39 is 79.3 Å². The van der Waals surface area contributed by atoms with Gasteiger partial charge in [0.2, 0.25) is 5.91 Å². The van der Waals surface area contributed by atoms with Crippen LogP contribution >= 0.6 is 11.8 Å². The van der Waals surface area contributed by atoms with E-state index in [4.69, 9.17) is 12.3 Å². The highest BCUT2D eigenvalue weighted by atomic mass is 32.2. The number of rotatable bonds is 12. The Balaban J connectivity index is 1.30. The van der Waals surface area contributed by atoms with Crippen molar-refractivity contribution in [1.82, 2.24) is 9.80 Å². The molecule has 0 spiro atoms. The number of nitrogens with zero attached hydrogens (tertiary/aromatic N) is 3. The van der Waals surface area contributed by atoms with Gasteiger partial charge in [0.15, 0.2) is 11.6 Å². The molecular weight excluding hydrogens is 698 g/mol. The maximum absolute atomic E-state index is 14.9. The SMILES string of the molecule is [2H]C([2H])([2H])OC([2H])([2H])C([2H])([2H])N1CCC(N(Cc2ccc(-c3ccc(C(F)(F)F)cc3)cc2)C(=O)CN2C(SC([2H])([2H])c3cccc(F)c3F)=CC(O)c3ccccc32)CC1. The molecular formula is C40H40F5N3O3S. The summed E-state index contributed by atoms with van der Waals surface area (Å²) in [7, 11) is -3.24. The smallest absolute Gasteiger partial charge is 0.384 e. The summed E-state index contributed by atoms with van der Waals surface area (Å²) < 4.78 is 146. The number of hydrogen-bond donors (Lipinski definition) is 1. The van der Waals surface area contributed by atoms with E-state index in [0.29, 0.717) is 39.7 Å². The summed E-state index contributed by atoms with van der Waals surface area (Å²) in [6.45, 7) is -6.89. The molecule has 52 heavy (non-hydrogen) atoms. The Kier molecular flexibility index (Phi) is 8.76. The van der Waals surface area contributed by atoms with Gasteiger partial charge in [-0.25, -0.2) is 8.78 Å². The fourth-order valence-electron chi connectivity index (χ4n) is 6.23. The number of benzene rings is 4. The standard InChI is InChI=1S/C40H40F5N3O3S/c1-51-22-21-46-19-17-32(18-20-46)47(24-27-9-11-28(12-10-27)29-13-15-31(16-14-29)40(43,44)45)37(50)25-48-35-8-3-2-6-33(35)36(49)23-38(48)52-26-30-5-4-7-34(41)39(30)42/h2-16,23,32,36,49H,17-22,24-26H2,1H3/i1D3,21D2,22D2,26D2. The van der Waals surface area contributed by atoms with E-state index in [1.807, 2.05) is 0 Å². The number of carbonyl (C=O) groups excluding carboxylic acids is 1. The number of fused-ring (bicyclic) bond motifs is 1. The first-order valence-corrected chi connectivity index (χ1v) is 17.1. The van der Waals surface area contributed by atoms with Crippen molar-refractivity contribution in [2.24, 2.45) is 0 Å². The molecule has 2 aliphatic rings. The molecule has 6 nitrogen and oxygen atoms in total. The monoisotopic (exact) mass is 746 g/mol. The maximum Gasteiger partial charge on any atom is 0.416 e. The van der Waals surface area contributed by atoms with Gasteiger partial charge in [-0.2, -0.15) is 13.2 Å². The molecule has 2 heterocycles. The lowest BCUT2D eigenvalue weighted by Crippen LogP contribution is -2.50. The highest BCUT2D eigenvalue weighted by molar-refractivity contribution is 8.02. The maximum atomic E-state index is 14.9. The number of ether oxygens (including phenoxy) is 1. The molecule has 4 aromatic carbocycles. The summed E-state index contributed by atoms with van der Waals surface area (Å²) in [6.07, 6.45) is -4.29. The number of methoxy groups -OCH3 is 1. The van der Waals surface area contributed by atoms with E-state index in [0.717, 1.165) is 35.2 Å². The Morgan fingerprint density at radius 3 is 2.37 bits per heavy atom. The molecule has 0 bridgehead atoms. The zero-order chi connectivity index (χ0) is 44.7. The van der Waals surface area contributed by atoms with Crippen molar-refractivity contribution in [2.75, 3.05) is 44.6 Å². The molecule has 1 fully saturated rings. The van der Waals surface area contributed by atoms with Crippen molar-refractivity contribution in [1.29, 1.82) is 0 Å². The number of piperidine rings is 1. The lowest BCUT2D eigenvalue weighted by atomic mass is 9.99. The molecule has 1 amide bonds. The van der Waals surface area contributed by atoms with Gasteiger partial charge in [-0.3, -0.25) is 4.79 Å². The van der Waals surface area contributed by atoms with Crippen LogP contribution in [0.2, 0.25) is 0 Å². The first-order chi connectivity index (χ1) is 28.4. The second kappa shape index (κ2) is 16.6. The Morgan fingerprint density at radius 2 is 1.67 bits per heavy atom. The molecule has 0 aliphatic carbocycles. The van der Waals surface area contributed by atoms with Gasteiger partial charge in [0.1, 0.15) is 12.6 Å². The molecule has 6 rings (SSSR count). The van der Waals surface area contributed by atoms with Crippen LogP contribution in [0.1, 0.15) is 53.5 Å². The molecule has 4 aromatic rings. The molecule has 2 aliphatic heterocycles. The lowest BCUT2D eigenvalue weighted by molar-refractivity contribution is -0.137. The fourth-order valence-corrected chi connectivity index (χ4v) is 7.08. The topological polar surface area (TPSA) is 56.2 Å². The van der Waals surface area contributed by atoms with Crippen LogP contribution in [0.3, 0.4) is 0 Å². The van der Waals surface area contributed by atoms with Crippen molar-refractivity contribution in [3.05, 3.63) is 136 Å². The van der Waals surface area contributed by atoms with E-state index in [1.165, 1.54) is 28.0 Å². The Labute approximate surface area is 317 Å². The second-order valence-electron chi connectivity index (χ2n) is 12.2. The number of anilines is 1. The summed E-state index contributed by atoms with van der Waals surface area (Å²) in [5.74, 6) is -3.19. The number of carbonyl (C=O) groups is 1. The van der Waals surface area contributed by atoms with Crippen LogP contribution in [0.5, 0.6) is 0 Å². The highest BCUT2D eigenvalue weighted by Gasteiger charge is 2.33. The molecule has 274 valence electrons. The molecule has 1 unspecified atom stereocenters. The van der Waals surface area contributed by atoms with Gasteiger partial charge in [0, 0.05) is 67.2 Å². The van der Waals surface area contributed by atoms with E-state index in [-0.39, 0.29) is 37.5 Å². The van der Waals surface area contributed by atoms with E-state index in [1.54, 1.807) is 48.5 Å². The third kappa shape index (κ3) is 8.86. The summed E-state index contributed by atoms with van der Waals surface area (Å²) >= 11 is 0.463. The van der Waals surface area contributed by atoms with Crippen molar-refractivity contribution < 1.29 is 48.9 Å². The number of thioether (sulfide) groups is 1. The quantitative estimate of drug-likeness (QED) is 0.147. The Bertz CT molecular complexity index is 2240. The number of amides is 1. The molecule has 0 radical (unpaired) electrons. The molecule has 12 heteroatoms. The minimum atomic E-state index is -4.51. The summed E-state index contributed by atoms with van der Waals surface area (Å²) in [4.78, 5) is 18.8. The fraction of sp³-hybridized carbons (Fsp3) is 0.325. The van der Waals surface area contributed by atoms with Gasteiger partial charge in [0.25, 0.3) is 0 Å². The Hall–Kier alpha value is -4.23. The number of likely N-dealkylation sites (tertiary alicyclic amines) is 1. The largest absolute Gasteiger partial charge is 0.416 e. The second-order valence-corrected chi connectivity index (χ2v) is 13.1. The van der Waals surface area contributed by atoms with Gasteiger partial charge in [-0.15, -0.1) is 11.8 Å². The normalized spacial score (nSPS) is 20.4. The molecule has 1 N–H and O–H groups in total. The first kappa shape index (κ1) is 27.4. The average molecular weight is 747 g/mol. The number of halogens is 5. The predicted molar refractivity (Wildman–Crippen MR) is 193 cm³/mol. The minimum Gasteiger partial charge on any atom is -0.384 e. The van der Waals surface area contributed by atoms with Gasteiger partial charge < -0.3 is 24.5 Å². The van der Waals surface area contributed by atoms with Gasteiger partial charge in [0.05, 0.1) is 24.0 Å². The van der Waals surface area contributed by atoms with Gasteiger partial charge >= 0.3 is 6.18 Å². The van der Waals surface area contributed by atoms with Crippen LogP contribution in [0.25, 0.3) is 11.1 Å². The number of aliphatic hydroxyl groups is 1. The van der Waals surface area contributed by atoms with E-state index >= 15 is 0 Å². The first-order valence-electron chi connectivity index (χ1n) is 20.8. The molecule has 1 saturated heterocycles. The third-order valence-corrected chi connectivity index (χ3v) is 9.84. The summed E-state index contributed by atoms with van der Waals surface area (Å²) in [6, 6.07) is 20.4. The van der Waals surface area contributed by atoms with Crippen LogP contribution in [0.4, 0.5) is 27.6 Å². The zero-order valence-corrected chi connectivity index (χ0v) is 28.4. The summed E-state index contributed by atoms with van der Waals surface area (Å²) in [5.41, 5.74) is -1.57. The summed E-state index contributed by atoms with van der Waals surface area (Å²) in [5, 5.41) is 11.1. The van der Waals surface area contributed by atoms with Gasteiger partial charge in [-0.05, 0) is 59.9 Å². The van der Waals surface area contributed by atoms with Crippen LogP contribution in [0, 0.1) is 11.6 Å². The van der Waals surface area contributed by atoms with Crippen LogP contribution in [-0.4, -0.2) is 66.6 Å². The molecule has 1 atom stereocenters. The van der Waals surface area contributed by atoms with Crippen LogP contribution in [-0.2, 0) is 28.0 Å². The molecule has 0 saturated carbocycles. The van der Waals surface area contributed by atoms with Crippen LogP contribution in [0.15, 0.2) is 102 Å². The highest BCUT2D eigenvalue weighted by Crippen LogP contribution is 2.41. The average Bonchev–Trinajstić information content (AvgIpc) is 3.18. The number of aliphatic hydroxyl groups excluding tert-OH is 1. The van der Waals surface area contributed by atoms with Crippen LogP contribution < -0.4 is 4.90 Å². The van der Waals surface area contributed by atoms with E-state index in [2.05, 4.69) is 4.74 Å². The Morgan fingerprint density at radius 1 is 0.981 bits per heavy atom. The number of alkyl halides is 3. The minimum absolute atomic E-state index is 0.0218. The van der Waals surface area contributed by atoms with Crippen molar-refractivity contribution >= 4 is 23.4 Å². The van der Waals surface area contributed by atoms with Crippen molar-refractivity contribution in [3.8, 4) is 11.1 Å². The third-order valence-electron chi connectivity index (χ3n) is 8.96. The molecule has 0 aromatic heterocycles. The number of hydrogen-bond acceptors (Lipinski definition) is 6. The predicted octanol–water partition coefficient (Wildman–Crippen LogP) is 8.42. The van der Waals surface area contributed by atoms with Crippen molar-refractivity contribution in [2.45, 2.75) is 43.4 Å².